The van der Waals surface area contributed by atoms with Crippen LogP contribution in [0.15, 0.2) is 24.3 Å². The molecule has 0 unspecified atom stereocenters. The van der Waals surface area contributed by atoms with E-state index in [1.165, 1.54) is 0 Å². The number of hydrogen-bond acceptors (Lipinski definition) is 2. The highest BCUT2D eigenvalue weighted by Crippen LogP contribution is 2.09. The zero-order chi connectivity index (χ0) is 7.56. The lowest BCUT2D eigenvalue weighted by Gasteiger charge is -1.87. The van der Waals surface area contributed by atoms with Crippen molar-refractivity contribution in [1.29, 1.82) is 0 Å². The Hall–Kier alpha value is -1.45. The molecule has 0 aliphatic heterocycles. The van der Waals surface area contributed by atoms with Gasteiger partial charge in [0.1, 0.15) is 5.82 Å². The van der Waals surface area contributed by atoms with Crippen molar-refractivity contribution < 1.29 is 9.31 Å². The summed E-state index contributed by atoms with van der Waals surface area (Å²) in [6, 6.07) is 4.35. The highest BCUT2D eigenvalue weighted by Gasteiger charge is 2.01. The fourth-order valence-corrected chi connectivity index (χ4v) is 0.563. The molecule has 52 valence electrons. The van der Waals surface area contributed by atoms with Crippen molar-refractivity contribution in [1.82, 2.24) is 0 Å². The number of benzene rings is 1. The van der Waals surface area contributed by atoms with E-state index in [-0.39, 0.29) is 5.69 Å². The molecule has 1 aromatic rings. The van der Waals surface area contributed by atoms with Gasteiger partial charge < -0.3 is 0 Å². The molecule has 0 aliphatic carbocycles. The molecule has 4 heteroatoms. The van der Waals surface area contributed by atoms with Gasteiger partial charge in [0.15, 0.2) is 0 Å². The Kier molecular flexibility index (Phi) is 1.62. The van der Waals surface area contributed by atoms with Gasteiger partial charge in [0.05, 0.1) is 4.92 Å². The number of non-ortho nitro benzene ring substituents is 1. The third-order valence-corrected chi connectivity index (χ3v) is 1.04. The van der Waals surface area contributed by atoms with E-state index >= 15 is 0 Å². The van der Waals surface area contributed by atoms with Crippen LogP contribution in [-0.2, 0) is 0 Å². The standard InChI is InChI=1S/C6H4FNO2/c7-5-1-3-6(4-2-5)8(9)10/h1-4H/i7-1. The first-order valence-corrected chi connectivity index (χ1v) is 2.60. The Bertz CT molecular complexity index is 244. The maximum absolute atomic E-state index is 12.1. The molecule has 0 spiro atoms. The molecular formula is C6H4FNO2. The van der Waals surface area contributed by atoms with Crippen molar-refractivity contribution in [2.75, 3.05) is 0 Å². The second-order valence-electron chi connectivity index (χ2n) is 1.73. The fourth-order valence-electron chi connectivity index (χ4n) is 0.563. The lowest BCUT2D eigenvalue weighted by Crippen LogP contribution is -1.86. The summed E-state index contributed by atoms with van der Waals surface area (Å²) in [5, 5.41) is 10.00. The van der Waals surface area contributed by atoms with Crippen molar-refractivity contribution >= 4 is 5.69 Å². The second kappa shape index (κ2) is 2.43. The Morgan fingerprint density at radius 1 is 1.30 bits per heavy atom. The van der Waals surface area contributed by atoms with Crippen LogP contribution in [0, 0.1) is 15.9 Å². The Morgan fingerprint density at radius 3 is 2.20 bits per heavy atom. The fraction of sp³-hybridized carbons (Fsp3) is 0. The van der Waals surface area contributed by atoms with E-state index in [9.17, 15) is 14.5 Å². The van der Waals surface area contributed by atoms with Gasteiger partial charge in [-0.3, -0.25) is 10.1 Å². The monoisotopic (exact) mass is 140 g/mol. The van der Waals surface area contributed by atoms with Crippen molar-refractivity contribution in [3.8, 4) is 0 Å². The SMILES string of the molecule is O=[N+]([O-])c1ccc([18F])cc1. The maximum atomic E-state index is 12.1. The van der Waals surface area contributed by atoms with E-state index in [4.69, 9.17) is 0 Å². The van der Waals surface area contributed by atoms with Crippen molar-refractivity contribution in [2.45, 2.75) is 0 Å². The van der Waals surface area contributed by atoms with Gasteiger partial charge in [-0.2, -0.15) is 0 Å². The molecule has 0 atom stereocenters. The molecule has 0 saturated carbocycles. The van der Waals surface area contributed by atoms with Crippen LogP contribution in [0.1, 0.15) is 0 Å². The number of hydrogen-bond donors (Lipinski definition) is 0. The minimum atomic E-state index is -0.570. The van der Waals surface area contributed by atoms with Crippen LogP contribution in [0.5, 0.6) is 0 Å². The molecule has 1 rings (SSSR count). The van der Waals surface area contributed by atoms with E-state index in [2.05, 4.69) is 0 Å². The summed E-state index contributed by atoms with van der Waals surface area (Å²) in [7, 11) is 0. The zero-order valence-electron chi connectivity index (χ0n) is 4.95. The van der Waals surface area contributed by atoms with Crippen LogP contribution in [0.2, 0.25) is 0 Å². The van der Waals surface area contributed by atoms with Crippen LogP contribution in [0.4, 0.5) is 10.1 Å². The largest absolute Gasteiger partial charge is 0.269 e. The van der Waals surface area contributed by atoms with Crippen molar-refractivity contribution in [3.63, 3.8) is 0 Å². The van der Waals surface area contributed by atoms with Gasteiger partial charge in [-0.05, 0) is 12.1 Å². The number of rotatable bonds is 1. The summed E-state index contributed by atoms with van der Waals surface area (Å²) < 4.78 is 12.1. The second-order valence-corrected chi connectivity index (χ2v) is 1.73. The molecular weight excluding hydrogens is 136 g/mol. The third-order valence-electron chi connectivity index (χ3n) is 1.04. The smallest absolute Gasteiger partial charge is 0.258 e. The molecule has 0 heterocycles. The summed E-state index contributed by atoms with van der Waals surface area (Å²) >= 11 is 0. The predicted molar refractivity (Wildman–Crippen MR) is 33.1 cm³/mol. The molecule has 3 nitrogen and oxygen atoms in total. The van der Waals surface area contributed by atoms with Gasteiger partial charge >= 0.3 is 0 Å². The van der Waals surface area contributed by atoms with E-state index < -0.39 is 10.7 Å². The molecule has 1 aromatic carbocycles. The highest BCUT2D eigenvalue weighted by atomic mass is 18.2. The summed E-state index contributed by atoms with van der Waals surface area (Å²) in [6.45, 7) is 0. The average molecular weight is 140 g/mol. The van der Waals surface area contributed by atoms with Gasteiger partial charge in [0.2, 0.25) is 0 Å². The molecule has 0 fully saturated rings. The molecule has 0 radical (unpaired) electrons. The first kappa shape index (κ1) is 6.67. The molecule has 0 bridgehead atoms. The van der Waals surface area contributed by atoms with E-state index in [0.29, 0.717) is 0 Å². The van der Waals surface area contributed by atoms with E-state index in [1.54, 1.807) is 0 Å². The van der Waals surface area contributed by atoms with Crippen LogP contribution in [0.25, 0.3) is 0 Å². The highest BCUT2D eigenvalue weighted by molar-refractivity contribution is 5.28. The predicted octanol–water partition coefficient (Wildman–Crippen LogP) is 1.73. The molecule has 10 heavy (non-hydrogen) atoms. The molecule has 0 aromatic heterocycles. The molecule has 0 N–H and O–H groups in total. The molecule has 0 saturated heterocycles. The zero-order valence-corrected chi connectivity index (χ0v) is 4.95. The first-order valence-electron chi connectivity index (χ1n) is 2.60. The lowest BCUT2D eigenvalue weighted by atomic mass is 10.3. The number of nitro benzene ring substituents is 1. The maximum Gasteiger partial charge on any atom is 0.269 e. The number of nitrogens with zero attached hydrogens (tertiary/aromatic N) is 1. The minimum Gasteiger partial charge on any atom is -0.258 e. The number of halogens is 1. The van der Waals surface area contributed by atoms with Gasteiger partial charge in [0.25, 0.3) is 5.69 Å². The molecule has 0 amide bonds. The van der Waals surface area contributed by atoms with Gasteiger partial charge in [-0.1, -0.05) is 0 Å². The summed E-state index contributed by atoms with van der Waals surface area (Å²) in [5.74, 6) is -0.467. The summed E-state index contributed by atoms with van der Waals surface area (Å²) in [6.07, 6.45) is 0. The molecule has 0 aliphatic rings. The third kappa shape index (κ3) is 1.28. The number of nitro groups is 1. The lowest BCUT2D eigenvalue weighted by molar-refractivity contribution is -0.384. The topological polar surface area (TPSA) is 43.1 Å². The minimum absolute atomic E-state index is 0.0959. The van der Waals surface area contributed by atoms with Crippen LogP contribution in [0.3, 0.4) is 0 Å². The van der Waals surface area contributed by atoms with E-state index in [1.807, 2.05) is 0 Å². The Balaban J connectivity index is 3.00. The first-order chi connectivity index (χ1) is 4.70. The van der Waals surface area contributed by atoms with E-state index in [0.717, 1.165) is 24.3 Å². The van der Waals surface area contributed by atoms with Gasteiger partial charge in [-0.25, -0.2) is 4.39 Å². The van der Waals surface area contributed by atoms with Crippen LogP contribution >= 0.6 is 0 Å². The van der Waals surface area contributed by atoms with Gasteiger partial charge in [-0.15, -0.1) is 0 Å². The van der Waals surface area contributed by atoms with Crippen LogP contribution in [-0.4, -0.2) is 4.92 Å². The summed E-state index contributed by atoms with van der Waals surface area (Å²) in [5.41, 5.74) is -0.0959. The van der Waals surface area contributed by atoms with Crippen LogP contribution < -0.4 is 0 Å². The Morgan fingerprint density at radius 2 is 1.80 bits per heavy atom. The Labute approximate surface area is 56.2 Å². The summed E-state index contributed by atoms with van der Waals surface area (Å²) in [4.78, 5) is 9.43. The van der Waals surface area contributed by atoms with Gasteiger partial charge in [0, 0.05) is 12.1 Å². The average Bonchev–Trinajstić information content (AvgIpc) is 1.88. The van der Waals surface area contributed by atoms with Crippen molar-refractivity contribution in [2.24, 2.45) is 0 Å². The quantitative estimate of drug-likeness (QED) is 0.440. The normalized spacial score (nSPS) is 9.30. The van der Waals surface area contributed by atoms with Crippen molar-refractivity contribution in [3.05, 3.63) is 40.2 Å².